The zero-order valence-corrected chi connectivity index (χ0v) is 9.40. The highest BCUT2D eigenvalue weighted by Gasteiger charge is 2.13. The first kappa shape index (κ1) is 9.47. The molecule has 0 saturated carbocycles. The number of fused-ring (bicyclic) bond motifs is 1. The number of hydrogen-bond acceptors (Lipinski definition) is 0. The average molecular weight is 204 g/mol. The first-order valence-corrected chi connectivity index (χ1v) is 5.69. The molecule has 0 atom stereocenters. The minimum absolute atomic E-state index is 1.07. The quantitative estimate of drug-likeness (QED) is 0.623. The molecule has 0 fully saturated rings. The fraction of sp³-hybridized carbons (Fsp3) is 0.0667. The fourth-order valence-corrected chi connectivity index (χ4v) is 2.39. The number of hydrogen-bond donors (Lipinski definition) is 0. The molecule has 1 heteroatoms. The zero-order valence-electron chi connectivity index (χ0n) is 9.40. The van der Waals surface area contributed by atoms with Gasteiger partial charge in [-0.25, -0.2) is 0 Å². The van der Waals surface area contributed by atoms with Gasteiger partial charge in [-0.05, 0) is 28.7 Å². The molecule has 0 bridgehead atoms. The van der Waals surface area contributed by atoms with E-state index in [0.717, 1.165) is 6.42 Å². The van der Waals surface area contributed by atoms with Crippen LogP contribution < -0.4 is 5.46 Å². The summed E-state index contributed by atoms with van der Waals surface area (Å²) in [7, 11) is 2.18. The molecule has 0 nitrogen and oxygen atoms in total. The van der Waals surface area contributed by atoms with Crippen LogP contribution in [0.3, 0.4) is 0 Å². The molecule has 0 heterocycles. The Bertz CT molecular complexity index is 567. The molecule has 16 heavy (non-hydrogen) atoms. The average Bonchev–Trinajstić information content (AvgIpc) is 2.73. The van der Waals surface area contributed by atoms with Crippen LogP contribution in [0, 0.1) is 0 Å². The van der Waals surface area contributed by atoms with Gasteiger partial charge in [0.2, 0.25) is 0 Å². The Labute approximate surface area is 97.0 Å². The van der Waals surface area contributed by atoms with Gasteiger partial charge in [-0.15, -0.1) is 0 Å². The van der Waals surface area contributed by atoms with Crippen LogP contribution in [0.5, 0.6) is 0 Å². The molecule has 0 N–H and O–H groups in total. The second kappa shape index (κ2) is 3.68. The highest BCUT2D eigenvalue weighted by Crippen LogP contribution is 2.30. The lowest BCUT2D eigenvalue weighted by molar-refractivity contribution is 1.32. The predicted molar refractivity (Wildman–Crippen MR) is 72.6 cm³/mol. The van der Waals surface area contributed by atoms with E-state index in [1.807, 2.05) is 0 Å². The zero-order chi connectivity index (χ0) is 11.0. The second-order valence-electron chi connectivity index (χ2n) is 4.36. The molecule has 2 aromatic carbocycles. The van der Waals surface area contributed by atoms with Crippen molar-refractivity contribution >= 4 is 25.0 Å². The van der Waals surface area contributed by atoms with Gasteiger partial charge in [-0.2, -0.15) is 0 Å². The third-order valence-electron chi connectivity index (χ3n) is 3.26. The molecule has 2 aromatic rings. The molecular formula is C15H13B. The van der Waals surface area contributed by atoms with Crippen LogP contribution >= 0.6 is 0 Å². The Hall–Kier alpha value is -1.76. The van der Waals surface area contributed by atoms with Crippen molar-refractivity contribution in [2.75, 3.05) is 0 Å². The molecule has 0 unspecified atom stereocenters. The third-order valence-corrected chi connectivity index (χ3v) is 3.26. The van der Waals surface area contributed by atoms with Gasteiger partial charge in [0.15, 0.2) is 0 Å². The van der Waals surface area contributed by atoms with E-state index in [2.05, 4.69) is 62.5 Å². The van der Waals surface area contributed by atoms with Crippen LogP contribution in [0.4, 0.5) is 0 Å². The van der Waals surface area contributed by atoms with E-state index in [0.29, 0.717) is 0 Å². The summed E-state index contributed by atoms with van der Waals surface area (Å²) in [4.78, 5) is 0. The largest absolute Gasteiger partial charge is 0.140 e. The molecule has 1 aliphatic carbocycles. The van der Waals surface area contributed by atoms with E-state index < -0.39 is 0 Å². The predicted octanol–water partition coefficient (Wildman–Crippen LogP) is 2.04. The van der Waals surface area contributed by atoms with Crippen LogP contribution in [0.15, 0.2) is 48.5 Å². The first-order valence-electron chi connectivity index (χ1n) is 5.69. The van der Waals surface area contributed by atoms with Crippen molar-refractivity contribution in [1.82, 2.24) is 0 Å². The van der Waals surface area contributed by atoms with E-state index in [1.54, 1.807) is 0 Å². The Kier molecular flexibility index (Phi) is 2.18. The first-order chi connectivity index (χ1) is 7.84. The van der Waals surface area contributed by atoms with Crippen molar-refractivity contribution in [3.05, 3.63) is 65.2 Å². The maximum absolute atomic E-state index is 2.32. The Morgan fingerprint density at radius 1 is 0.875 bits per heavy atom. The van der Waals surface area contributed by atoms with Crippen molar-refractivity contribution in [2.45, 2.75) is 6.42 Å². The lowest BCUT2D eigenvalue weighted by Gasteiger charge is -2.06. The third kappa shape index (κ3) is 1.49. The molecule has 0 saturated heterocycles. The molecule has 1 aliphatic rings. The maximum Gasteiger partial charge on any atom is 0.140 e. The topological polar surface area (TPSA) is 0 Å². The summed E-state index contributed by atoms with van der Waals surface area (Å²) in [5.41, 5.74) is 7.01. The van der Waals surface area contributed by atoms with E-state index in [1.165, 1.54) is 27.7 Å². The minimum atomic E-state index is 1.07. The second-order valence-corrected chi connectivity index (χ2v) is 4.36. The van der Waals surface area contributed by atoms with Gasteiger partial charge in [-0.1, -0.05) is 60.1 Å². The summed E-state index contributed by atoms with van der Waals surface area (Å²) in [5, 5.41) is 0. The van der Waals surface area contributed by atoms with Crippen LogP contribution in [-0.2, 0) is 6.42 Å². The van der Waals surface area contributed by atoms with E-state index in [-0.39, 0.29) is 0 Å². The van der Waals surface area contributed by atoms with Gasteiger partial charge in [0.05, 0.1) is 0 Å². The van der Waals surface area contributed by atoms with E-state index >= 15 is 0 Å². The Morgan fingerprint density at radius 3 is 2.44 bits per heavy atom. The van der Waals surface area contributed by atoms with Gasteiger partial charge < -0.3 is 0 Å². The highest BCUT2D eigenvalue weighted by atomic mass is 14.2. The van der Waals surface area contributed by atoms with Crippen molar-refractivity contribution in [1.29, 1.82) is 0 Å². The van der Waals surface area contributed by atoms with Gasteiger partial charge in [0.25, 0.3) is 0 Å². The molecule has 0 aromatic heterocycles. The van der Waals surface area contributed by atoms with Gasteiger partial charge in [-0.3, -0.25) is 0 Å². The molecule has 0 amide bonds. The van der Waals surface area contributed by atoms with Crippen molar-refractivity contribution < 1.29 is 0 Å². The summed E-state index contributed by atoms with van der Waals surface area (Å²) in [6.45, 7) is 0. The van der Waals surface area contributed by atoms with Crippen LogP contribution in [0.2, 0.25) is 0 Å². The lowest BCUT2D eigenvalue weighted by Crippen LogP contribution is -2.08. The summed E-state index contributed by atoms with van der Waals surface area (Å²) < 4.78 is 0. The highest BCUT2D eigenvalue weighted by molar-refractivity contribution is 6.35. The molecule has 0 spiro atoms. The van der Waals surface area contributed by atoms with Gasteiger partial charge in [0, 0.05) is 0 Å². The maximum atomic E-state index is 2.32. The van der Waals surface area contributed by atoms with Crippen LogP contribution in [0.1, 0.15) is 16.7 Å². The number of allylic oxidation sites excluding steroid dienone is 1. The molecular weight excluding hydrogens is 191 g/mol. The van der Waals surface area contributed by atoms with E-state index in [4.69, 9.17) is 0 Å². The summed E-state index contributed by atoms with van der Waals surface area (Å²) >= 11 is 0. The molecule has 0 radical (unpaired) electrons. The summed E-state index contributed by atoms with van der Waals surface area (Å²) in [6.07, 6.45) is 3.39. The van der Waals surface area contributed by atoms with E-state index in [9.17, 15) is 0 Å². The molecule has 0 aliphatic heterocycles. The standard InChI is InChI=1S/C15H13B/c16-15-8-4-3-7-14(15)13-9-11-5-1-2-6-12(11)10-13/h1-9H,10,16H2. The minimum Gasteiger partial charge on any atom is -0.0816 e. The van der Waals surface area contributed by atoms with Crippen molar-refractivity contribution in [3.63, 3.8) is 0 Å². The van der Waals surface area contributed by atoms with Crippen molar-refractivity contribution in [2.24, 2.45) is 0 Å². The van der Waals surface area contributed by atoms with Crippen LogP contribution in [-0.4, -0.2) is 7.85 Å². The Balaban J connectivity index is 2.05. The Morgan fingerprint density at radius 2 is 1.62 bits per heavy atom. The van der Waals surface area contributed by atoms with Gasteiger partial charge in [0.1, 0.15) is 7.85 Å². The lowest BCUT2D eigenvalue weighted by atomic mass is 9.86. The van der Waals surface area contributed by atoms with Gasteiger partial charge >= 0.3 is 0 Å². The fourth-order valence-electron chi connectivity index (χ4n) is 2.39. The summed E-state index contributed by atoms with van der Waals surface area (Å²) in [5.74, 6) is 0. The monoisotopic (exact) mass is 204 g/mol. The van der Waals surface area contributed by atoms with Crippen molar-refractivity contribution in [3.8, 4) is 0 Å². The molecule has 76 valence electrons. The number of rotatable bonds is 1. The summed E-state index contributed by atoms with van der Waals surface area (Å²) in [6, 6.07) is 17.3. The molecule has 3 rings (SSSR count). The SMILES string of the molecule is Bc1ccccc1C1=Cc2ccccc2C1. The number of benzene rings is 2. The van der Waals surface area contributed by atoms with Crippen LogP contribution in [0.25, 0.3) is 11.6 Å². The smallest absolute Gasteiger partial charge is 0.0816 e. The normalized spacial score (nSPS) is 13.4.